The van der Waals surface area contributed by atoms with Gasteiger partial charge in [0.25, 0.3) is 0 Å². The van der Waals surface area contributed by atoms with E-state index in [0.717, 1.165) is 0 Å². The molecule has 66 valence electrons. The summed E-state index contributed by atoms with van der Waals surface area (Å²) in [6.07, 6.45) is 1.51. The van der Waals surface area contributed by atoms with E-state index in [-0.39, 0.29) is 0 Å². The summed E-state index contributed by atoms with van der Waals surface area (Å²) in [6, 6.07) is 3.18. The van der Waals surface area contributed by atoms with Gasteiger partial charge in [0.05, 0.1) is 0 Å². The number of anilines is 1. The summed E-state index contributed by atoms with van der Waals surface area (Å²) in [7, 11) is 0. The Labute approximate surface area is 81.1 Å². The Bertz CT molecular complexity index is 379. The summed E-state index contributed by atoms with van der Waals surface area (Å²) in [5.41, 5.74) is 0. The molecule has 0 bridgehead atoms. The molecule has 0 aliphatic carbocycles. The quantitative estimate of drug-likeness (QED) is 0.692. The highest BCUT2D eigenvalue weighted by Crippen LogP contribution is 2.11. The third-order valence-electron chi connectivity index (χ3n) is 1.20. The van der Waals surface area contributed by atoms with E-state index in [2.05, 4.69) is 22.1 Å². The highest BCUT2D eigenvalue weighted by atomic mass is 35.5. The van der Waals surface area contributed by atoms with Crippen LogP contribution in [0.2, 0.25) is 5.02 Å². The summed E-state index contributed by atoms with van der Waals surface area (Å²) >= 11 is 5.68. The molecule has 0 aliphatic rings. The second-order valence-electron chi connectivity index (χ2n) is 2.19. The molecular weight excluding hydrogens is 188 g/mol. The van der Waals surface area contributed by atoms with E-state index < -0.39 is 5.91 Å². The zero-order valence-electron chi connectivity index (χ0n) is 6.97. The van der Waals surface area contributed by atoms with E-state index in [0.29, 0.717) is 10.8 Å². The lowest BCUT2D eigenvalue weighted by atomic mass is 10.4. The van der Waals surface area contributed by atoms with Crippen LogP contribution in [0.3, 0.4) is 0 Å². The predicted octanol–water partition coefficient (Wildman–Crippen LogP) is 1.70. The van der Waals surface area contributed by atoms with Gasteiger partial charge in [-0.05, 0) is 25.0 Å². The maximum atomic E-state index is 11.0. The smallest absolute Gasteiger partial charge is 0.300 e. The molecule has 4 heteroatoms. The van der Waals surface area contributed by atoms with E-state index in [1.807, 2.05) is 0 Å². The number of nitrogens with zero attached hydrogens (tertiary/aromatic N) is 1. The summed E-state index contributed by atoms with van der Waals surface area (Å²) < 4.78 is 0. The molecule has 0 saturated heterocycles. The van der Waals surface area contributed by atoms with Crippen LogP contribution >= 0.6 is 11.6 Å². The minimum Gasteiger partial charge on any atom is -0.300 e. The molecule has 3 nitrogen and oxygen atoms in total. The van der Waals surface area contributed by atoms with Gasteiger partial charge in [-0.3, -0.25) is 10.1 Å². The normalized spacial score (nSPS) is 8.46. The maximum absolute atomic E-state index is 11.0. The molecule has 0 unspecified atom stereocenters. The zero-order valence-corrected chi connectivity index (χ0v) is 7.72. The minimum absolute atomic E-state index is 0.391. The number of amides is 1. The van der Waals surface area contributed by atoms with E-state index in [9.17, 15) is 4.79 Å². The molecule has 1 rings (SSSR count). The van der Waals surface area contributed by atoms with Crippen molar-refractivity contribution in [1.82, 2.24) is 4.98 Å². The van der Waals surface area contributed by atoms with Crippen LogP contribution in [0.15, 0.2) is 18.3 Å². The van der Waals surface area contributed by atoms with Gasteiger partial charge in [-0.2, -0.15) is 0 Å². The van der Waals surface area contributed by atoms with Crippen molar-refractivity contribution < 1.29 is 4.79 Å². The number of carbonyl (C=O) groups excluding carboxylic acids is 1. The SMILES string of the molecule is CC#CC(=O)Nc1cc(Cl)ccn1. The van der Waals surface area contributed by atoms with Crippen LogP contribution in [0, 0.1) is 11.8 Å². The van der Waals surface area contributed by atoms with Crippen molar-refractivity contribution in [1.29, 1.82) is 0 Å². The first-order valence-electron chi connectivity index (χ1n) is 3.57. The predicted molar refractivity (Wildman–Crippen MR) is 51.3 cm³/mol. The molecule has 13 heavy (non-hydrogen) atoms. The monoisotopic (exact) mass is 194 g/mol. The van der Waals surface area contributed by atoms with Gasteiger partial charge in [-0.25, -0.2) is 4.98 Å². The van der Waals surface area contributed by atoms with Crippen LogP contribution in [0.25, 0.3) is 0 Å². The van der Waals surface area contributed by atoms with Crippen molar-refractivity contribution in [3.63, 3.8) is 0 Å². The van der Waals surface area contributed by atoms with Crippen LogP contribution in [-0.2, 0) is 4.79 Å². The number of aromatic nitrogens is 1. The Kier molecular flexibility index (Phi) is 3.30. The Hall–Kier alpha value is -1.53. The highest BCUT2D eigenvalue weighted by Gasteiger charge is 1.98. The summed E-state index contributed by atoms with van der Waals surface area (Å²) in [4.78, 5) is 14.8. The Balaban J connectivity index is 2.73. The van der Waals surface area contributed by atoms with Gasteiger partial charge in [-0.1, -0.05) is 17.5 Å². The lowest BCUT2D eigenvalue weighted by molar-refractivity contribution is -0.111. The van der Waals surface area contributed by atoms with Crippen molar-refractivity contribution in [2.24, 2.45) is 0 Å². The molecule has 0 aromatic carbocycles. The third kappa shape index (κ3) is 3.14. The number of rotatable bonds is 1. The molecule has 1 amide bonds. The van der Waals surface area contributed by atoms with Gasteiger partial charge < -0.3 is 0 Å². The van der Waals surface area contributed by atoms with Crippen molar-refractivity contribution >= 4 is 23.3 Å². The van der Waals surface area contributed by atoms with Gasteiger partial charge in [0.1, 0.15) is 5.82 Å². The molecule has 0 saturated carbocycles. The van der Waals surface area contributed by atoms with Crippen LogP contribution < -0.4 is 5.32 Å². The molecule has 0 atom stereocenters. The highest BCUT2D eigenvalue weighted by molar-refractivity contribution is 6.30. The zero-order chi connectivity index (χ0) is 9.68. The second kappa shape index (κ2) is 4.48. The maximum Gasteiger partial charge on any atom is 0.301 e. The van der Waals surface area contributed by atoms with Gasteiger partial charge in [0, 0.05) is 11.2 Å². The first-order valence-corrected chi connectivity index (χ1v) is 3.95. The number of halogens is 1. The lowest BCUT2D eigenvalue weighted by Gasteiger charge is -1.98. The third-order valence-corrected chi connectivity index (χ3v) is 1.44. The van der Waals surface area contributed by atoms with Gasteiger partial charge >= 0.3 is 5.91 Å². The number of carbonyl (C=O) groups is 1. The summed E-state index contributed by atoms with van der Waals surface area (Å²) in [5.74, 6) is 4.82. The van der Waals surface area contributed by atoms with E-state index in [4.69, 9.17) is 11.6 Å². The van der Waals surface area contributed by atoms with Crippen molar-refractivity contribution in [2.75, 3.05) is 5.32 Å². The molecule has 0 radical (unpaired) electrons. The van der Waals surface area contributed by atoms with Crippen LogP contribution in [-0.4, -0.2) is 10.9 Å². The second-order valence-corrected chi connectivity index (χ2v) is 2.62. The number of pyridine rings is 1. The van der Waals surface area contributed by atoms with E-state index in [1.165, 1.54) is 6.20 Å². The molecular formula is C9H7ClN2O. The van der Waals surface area contributed by atoms with Crippen LogP contribution in [0.4, 0.5) is 5.82 Å². The molecule has 0 aliphatic heterocycles. The lowest BCUT2D eigenvalue weighted by Crippen LogP contribution is -2.09. The fourth-order valence-corrected chi connectivity index (χ4v) is 0.894. The average Bonchev–Trinajstić information content (AvgIpc) is 2.04. The fourth-order valence-electron chi connectivity index (χ4n) is 0.734. The standard InChI is InChI=1S/C9H7ClN2O/c1-2-3-9(13)12-8-6-7(10)4-5-11-8/h4-6H,1H3,(H,11,12,13). The first-order chi connectivity index (χ1) is 6.22. The largest absolute Gasteiger partial charge is 0.301 e. The van der Waals surface area contributed by atoms with Crippen molar-refractivity contribution in [2.45, 2.75) is 6.92 Å². The van der Waals surface area contributed by atoms with Gasteiger partial charge in [0.2, 0.25) is 0 Å². The van der Waals surface area contributed by atoms with Crippen molar-refractivity contribution in [3.05, 3.63) is 23.4 Å². The fraction of sp³-hybridized carbons (Fsp3) is 0.111. The van der Waals surface area contributed by atoms with Crippen LogP contribution in [0.1, 0.15) is 6.92 Å². The molecule has 1 aromatic rings. The Morgan fingerprint density at radius 3 is 3.08 bits per heavy atom. The topological polar surface area (TPSA) is 42.0 Å². The molecule has 1 aromatic heterocycles. The molecule has 1 N–H and O–H groups in total. The van der Waals surface area contributed by atoms with E-state index in [1.54, 1.807) is 19.1 Å². The number of hydrogen-bond donors (Lipinski definition) is 1. The average molecular weight is 195 g/mol. The number of nitrogens with one attached hydrogen (secondary N) is 1. The Morgan fingerprint density at radius 1 is 1.69 bits per heavy atom. The van der Waals surface area contributed by atoms with Gasteiger partial charge in [0.15, 0.2) is 0 Å². The van der Waals surface area contributed by atoms with E-state index >= 15 is 0 Å². The Morgan fingerprint density at radius 2 is 2.46 bits per heavy atom. The van der Waals surface area contributed by atoms with Gasteiger partial charge in [-0.15, -0.1) is 0 Å². The number of hydrogen-bond acceptors (Lipinski definition) is 2. The summed E-state index contributed by atoms with van der Waals surface area (Å²) in [6.45, 7) is 1.59. The molecule has 1 heterocycles. The molecule has 0 spiro atoms. The first kappa shape index (κ1) is 9.56. The van der Waals surface area contributed by atoms with Crippen molar-refractivity contribution in [3.8, 4) is 11.8 Å². The molecule has 0 fully saturated rings. The minimum atomic E-state index is -0.391. The summed E-state index contributed by atoms with van der Waals surface area (Å²) in [5, 5.41) is 3.00. The van der Waals surface area contributed by atoms with Crippen LogP contribution in [0.5, 0.6) is 0 Å².